The van der Waals surface area contributed by atoms with E-state index in [1.807, 2.05) is 42.5 Å². The standard InChI is InChI=1S/C20H14N4O3S/c25-20(21-14-8-10-16(11-9-14)24(26)27)22-15-5-3-4-13(12-15)19-23-17-6-1-2-7-18(17)28-19/h1-12H,(H2,21,22,25). The van der Waals surface area contributed by atoms with Gasteiger partial charge in [0.2, 0.25) is 0 Å². The molecule has 4 rings (SSSR count). The van der Waals surface area contributed by atoms with Gasteiger partial charge in [0.1, 0.15) is 5.01 Å². The number of hydrogen-bond acceptors (Lipinski definition) is 5. The smallest absolute Gasteiger partial charge is 0.308 e. The maximum atomic E-state index is 12.2. The number of urea groups is 1. The molecule has 2 N–H and O–H groups in total. The van der Waals surface area contributed by atoms with Gasteiger partial charge in [-0.25, -0.2) is 9.78 Å². The lowest BCUT2D eigenvalue weighted by atomic mass is 10.2. The molecule has 0 saturated heterocycles. The van der Waals surface area contributed by atoms with E-state index in [1.165, 1.54) is 24.3 Å². The van der Waals surface area contributed by atoms with Crippen LogP contribution in [0.5, 0.6) is 0 Å². The van der Waals surface area contributed by atoms with Gasteiger partial charge in [0.05, 0.1) is 15.1 Å². The third-order valence-electron chi connectivity index (χ3n) is 4.00. The van der Waals surface area contributed by atoms with Crippen molar-refractivity contribution < 1.29 is 9.72 Å². The zero-order valence-corrected chi connectivity index (χ0v) is 15.3. The molecule has 0 unspecified atom stereocenters. The van der Waals surface area contributed by atoms with Crippen LogP contribution < -0.4 is 10.6 Å². The van der Waals surface area contributed by atoms with Crippen LogP contribution in [-0.2, 0) is 0 Å². The molecule has 2 amide bonds. The number of rotatable bonds is 4. The summed E-state index contributed by atoms with van der Waals surface area (Å²) in [5.74, 6) is 0. The van der Waals surface area contributed by atoms with Gasteiger partial charge in [0.15, 0.2) is 0 Å². The molecule has 138 valence electrons. The van der Waals surface area contributed by atoms with Crippen molar-refractivity contribution in [2.24, 2.45) is 0 Å². The fourth-order valence-corrected chi connectivity index (χ4v) is 3.65. The molecular formula is C20H14N4O3S. The normalized spacial score (nSPS) is 10.6. The molecule has 0 aliphatic heterocycles. The lowest BCUT2D eigenvalue weighted by Gasteiger charge is -2.08. The average Bonchev–Trinajstić information content (AvgIpc) is 3.13. The molecule has 0 aliphatic rings. The van der Waals surface area contributed by atoms with E-state index >= 15 is 0 Å². The van der Waals surface area contributed by atoms with Gasteiger partial charge in [-0.2, -0.15) is 0 Å². The Balaban J connectivity index is 1.48. The number of nitrogens with one attached hydrogen (secondary N) is 2. The molecule has 3 aromatic carbocycles. The van der Waals surface area contributed by atoms with Gasteiger partial charge in [-0.1, -0.05) is 24.3 Å². The third kappa shape index (κ3) is 3.81. The number of anilines is 2. The van der Waals surface area contributed by atoms with Crippen molar-refractivity contribution in [2.75, 3.05) is 10.6 Å². The Morgan fingerprint density at radius 1 is 0.929 bits per heavy atom. The quantitative estimate of drug-likeness (QED) is 0.354. The van der Waals surface area contributed by atoms with E-state index in [1.54, 1.807) is 17.4 Å². The van der Waals surface area contributed by atoms with Gasteiger partial charge in [-0.3, -0.25) is 10.1 Å². The Bertz CT molecular complexity index is 1140. The largest absolute Gasteiger partial charge is 0.323 e. The SMILES string of the molecule is O=C(Nc1ccc([N+](=O)[O-])cc1)Nc1cccc(-c2nc3ccccc3s2)c1. The number of carbonyl (C=O) groups is 1. The number of amides is 2. The van der Waals surface area contributed by atoms with Crippen molar-refractivity contribution >= 4 is 44.6 Å². The summed E-state index contributed by atoms with van der Waals surface area (Å²) in [5, 5.41) is 17.0. The number of fused-ring (bicyclic) bond motifs is 1. The minimum atomic E-state index is -0.489. The first kappa shape index (κ1) is 17.6. The van der Waals surface area contributed by atoms with Gasteiger partial charge < -0.3 is 10.6 Å². The van der Waals surface area contributed by atoms with Gasteiger partial charge in [0.25, 0.3) is 5.69 Å². The Morgan fingerprint density at radius 3 is 2.43 bits per heavy atom. The van der Waals surface area contributed by atoms with Gasteiger partial charge in [-0.15, -0.1) is 11.3 Å². The molecule has 7 nitrogen and oxygen atoms in total. The molecule has 4 aromatic rings. The monoisotopic (exact) mass is 390 g/mol. The zero-order valence-electron chi connectivity index (χ0n) is 14.5. The third-order valence-corrected chi connectivity index (χ3v) is 5.08. The van der Waals surface area contributed by atoms with Crippen LogP contribution in [0.4, 0.5) is 21.9 Å². The molecular weight excluding hydrogens is 376 g/mol. The van der Waals surface area contributed by atoms with Crippen molar-refractivity contribution in [2.45, 2.75) is 0 Å². The predicted octanol–water partition coefficient (Wildman–Crippen LogP) is 5.52. The maximum Gasteiger partial charge on any atom is 0.323 e. The molecule has 0 spiro atoms. The van der Waals surface area contributed by atoms with Crippen LogP contribution in [0.3, 0.4) is 0 Å². The van der Waals surface area contributed by atoms with Crippen LogP contribution >= 0.6 is 11.3 Å². The highest BCUT2D eigenvalue weighted by Crippen LogP contribution is 2.31. The number of para-hydroxylation sites is 1. The fourth-order valence-electron chi connectivity index (χ4n) is 2.69. The number of thiazole rings is 1. The number of nitro groups is 1. The number of nitrogens with zero attached hydrogens (tertiary/aromatic N) is 2. The first-order valence-electron chi connectivity index (χ1n) is 8.37. The number of hydrogen-bond donors (Lipinski definition) is 2. The van der Waals surface area contributed by atoms with E-state index in [9.17, 15) is 14.9 Å². The van der Waals surface area contributed by atoms with Crippen LogP contribution in [0.1, 0.15) is 0 Å². The lowest BCUT2D eigenvalue weighted by molar-refractivity contribution is -0.384. The molecule has 8 heteroatoms. The Labute approximate surface area is 163 Å². The molecule has 28 heavy (non-hydrogen) atoms. The van der Waals surface area contributed by atoms with E-state index in [4.69, 9.17) is 0 Å². The van der Waals surface area contributed by atoms with Crippen molar-refractivity contribution in [1.29, 1.82) is 0 Å². The van der Waals surface area contributed by atoms with Crippen molar-refractivity contribution in [3.63, 3.8) is 0 Å². The van der Waals surface area contributed by atoms with Gasteiger partial charge in [-0.05, 0) is 36.4 Å². The summed E-state index contributed by atoms with van der Waals surface area (Å²) in [7, 11) is 0. The van der Waals surface area contributed by atoms with E-state index < -0.39 is 11.0 Å². The first-order chi connectivity index (χ1) is 13.6. The minimum Gasteiger partial charge on any atom is -0.308 e. The van der Waals surface area contributed by atoms with E-state index in [-0.39, 0.29) is 5.69 Å². The van der Waals surface area contributed by atoms with Gasteiger partial charge >= 0.3 is 6.03 Å². The Morgan fingerprint density at radius 2 is 1.68 bits per heavy atom. The topological polar surface area (TPSA) is 97.2 Å². The molecule has 0 bridgehead atoms. The van der Waals surface area contributed by atoms with Crippen LogP contribution in [-0.4, -0.2) is 15.9 Å². The Hall–Kier alpha value is -3.78. The summed E-state index contributed by atoms with van der Waals surface area (Å²) < 4.78 is 1.10. The molecule has 0 fully saturated rings. The van der Waals surface area contributed by atoms with Crippen molar-refractivity contribution in [1.82, 2.24) is 4.98 Å². The minimum absolute atomic E-state index is 0.0329. The van der Waals surface area contributed by atoms with E-state index in [0.29, 0.717) is 11.4 Å². The van der Waals surface area contributed by atoms with Crippen molar-refractivity contribution in [3.8, 4) is 10.6 Å². The predicted molar refractivity (Wildman–Crippen MR) is 111 cm³/mol. The Kier molecular flexibility index (Phi) is 4.69. The lowest BCUT2D eigenvalue weighted by Crippen LogP contribution is -2.19. The number of non-ortho nitro benzene ring substituents is 1. The summed E-state index contributed by atoms with van der Waals surface area (Å²) in [4.78, 5) is 27.0. The van der Waals surface area contributed by atoms with Crippen LogP contribution in [0.25, 0.3) is 20.8 Å². The zero-order chi connectivity index (χ0) is 19.5. The first-order valence-corrected chi connectivity index (χ1v) is 9.18. The molecule has 1 heterocycles. The molecule has 0 atom stereocenters. The van der Waals surface area contributed by atoms with E-state index in [0.717, 1.165) is 20.8 Å². The fraction of sp³-hybridized carbons (Fsp3) is 0. The van der Waals surface area contributed by atoms with Crippen molar-refractivity contribution in [3.05, 3.63) is 82.9 Å². The summed E-state index contributed by atoms with van der Waals surface area (Å²) in [6, 6.07) is 20.6. The van der Waals surface area contributed by atoms with Crippen LogP contribution in [0, 0.1) is 10.1 Å². The average molecular weight is 390 g/mol. The highest BCUT2D eigenvalue weighted by Gasteiger charge is 2.09. The molecule has 1 aromatic heterocycles. The second kappa shape index (κ2) is 7.45. The second-order valence-corrected chi connectivity index (χ2v) is 6.98. The number of carbonyl (C=O) groups excluding carboxylic acids is 1. The van der Waals surface area contributed by atoms with Crippen LogP contribution in [0.15, 0.2) is 72.8 Å². The summed E-state index contributed by atoms with van der Waals surface area (Å²) in [6.45, 7) is 0. The summed E-state index contributed by atoms with van der Waals surface area (Å²) >= 11 is 1.59. The summed E-state index contributed by atoms with van der Waals surface area (Å²) in [6.07, 6.45) is 0. The highest BCUT2D eigenvalue weighted by molar-refractivity contribution is 7.21. The molecule has 0 saturated carbocycles. The van der Waals surface area contributed by atoms with Gasteiger partial charge in [0, 0.05) is 29.1 Å². The molecule has 0 aliphatic carbocycles. The maximum absolute atomic E-state index is 12.2. The highest BCUT2D eigenvalue weighted by atomic mass is 32.1. The number of benzene rings is 3. The second-order valence-electron chi connectivity index (χ2n) is 5.95. The molecule has 0 radical (unpaired) electrons. The number of nitro benzene ring substituents is 1. The number of aromatic nitrogens is 1. The van der Waals surface area contributed by atoms with Crippen LogP contribution in [0.2, 0.25) is 0 Å². The summed E-state index contributed by atoms with van der Waals surface area (Å²) in [5.41, 5.74) is 2.90. The van der Waals surface area contributed by atoms with E-state index in [2.05, 4.69) is 15.6 Å².